The van der Waals surface area contributed by atoms with Crippen LogP contribution in [0.3, 0.4) is 0 Å². The first-order valence-corrected chi connectivity index (χ1v) is 11.7. The number of hydrogen-bond donors (Lipinski definition) is 1. The molecular formula is C24H25N3O3S. The normalized spacial score (nSPS) is 14.4. The fourth-order valence-electron chi connectivity index (χ4n) is 3.60. The third-order valence-corrected chi connectivity index (χ3v) is 6.80. The van der Waals surface area contributed by atoms with Crippen LogP contribution in [0.5, 0.6) is 0 Å². The first kappa shape index (κ1) is 20.9. The van der Waals surface area contributed by atoms with Crippen molar-refractivity contribution in [2.75, 3.05) is 35.8 Å². The zero-order chi connectivity index (χ0) is 21.8. The molecule has 31 heavy (non-hydrogen) atoms. The Balaban J connectivity index is 1.37. The highest BCUT2D eigenvalue weighted by atomic mass is 32.2. The van der Waals surface area contributed by atoms with E-state index in [4.69, 9.17) is 0 Å². The average molecular weight is 436 g/mol. The molecule has 1 N–H and O–H groups in total. The third kappa shape index (κ3) is 4.88. The van der Waals surface area contributed by atoms with Gasteiger partial charge in [-0.2, -0.15) is 0 Å². The second-order valence-electron chi connectivity index (χ2n) is 7.61. The lowest BCUT2D eigenvalue weighted by atomic mass is 10.1. The van der Waals surface area contributed by atoms with Crippen molar-refractivity contribution >= 4 is 27.3 Å². The predicted molar refractivity (Wildman–Crippen MR) is 123 cm³/mol. The Hall–Kier alpha value is -3.32. The molecule has 0 bridgehead atoms. The van der Waals surface area contributed by atoms with E-state index >= 15 is 0 Å². The van der Waals surface area contributed by atoms with E-state index in [1.54, 1.807) is 36.4 Å². The number of sulfonamides is 1. The Morgan fingerprint density at radius 1 is 0.806 bits per heavy atom. The molecule has 3 aromatic rings. The molecule has 0 aliphatic carbocycles. The highest BCUT2D eigenvalue weighted by molar-refractivity contribution is 7.92. The lowest BCUT2D eigenvalue weighted by Gasteiger charge is -2.36. The number of benzene rings is 3. The molecule has 0 unspecified atom stereocenters. The average Bonchev–Trinajstić information content (AvgIpc) is 2.80. The van der Waals surface area contributed by atoms with Crippen LogP contribution in [0.4, 0.5) is 11.4 Å². The van der Waals surface area contributed by atoms with Gasteiger partial charge in [0.15, 0.2) is 0 Å². The molecular weight excluding hydrogens is 410 g/mol. The van der Waals surface area contributed by atoms with E-state index in [1.807, 2.05) is 54.3 Å². The van der Waals surface area contributed by atoms with Crippen LogP contribution in [0.1, 0.15) is 15.9 Å². The Bertz CT molecular complexity index is 1140. The van der Waals surface area contributed by atoms with Crippen LogP contribution in [0.2, 0.25) is 0 Å². The standard InChI is InChI=1S/C24H25N3O3S/c1-19-7-13-23(14-8-19)31(29,30)25-21-9-11-22(12-10-21)26-15-17-27(18-16-26)24(28)20-5-3-2-4-6-20/h2-14,25H,15-18H2,1H3. The molecule has 1 amide bonds. The summed E-state index contributed by atoms with van der Waals surface area (Å²) in [5.74, 6) is 0.0566. The molecule has 6 nitrogen and oxygen atoms in total. The van der Waals surface area contributed by atoms with Crippen molar-refractivity contribution in [1.82, 2.24) is 4.90 Å². The minimum atomic E-state index is -3.62. The number of nitrogens with one attached hydrogen (secondary N) is 1. The van der Waals surface area contributed by atoms with Crippen LogP contribution in [0.25, 0.3) is 0 Å². The van der Waals surface area contributed by atoms with Crippen LogP contribution in [-0.2, 0) is 10.0 Å². The van der Waals surface area contributed by atoms with E-state index in [2.05, 4.69) is 9.62 Å². The summed E-state index contributed by atoms with van der Waals surface area (Å²) < 4.78 is 27.7. The molecule has 0 saturated carbocycles. The maximum Gasteiger partial charge on any atom is 0.261 e. The van der Waals surface area contributed by atoms with Crippen LogP contribution < -0.4 is 9.62 Å². The first-order valence-electron chi connectivity index (χ1n) is 10.2. The summed E-state index contributed by atoms with van der Waals surface area (Å²) in [6.45, 7) is 4.67. The van der Waals surface area contributed by atoms with Gasteiger partial charge in [-0.15, -0.1) is 0 Å². The fraction of sp³-hybridized carbons (Fsp3) is 0.208. The van der Waals surface area contributed by atoms with E-state index in [0.717, 1.165) is 24.3 Å². The second-order valence-corrected chi connectivity index (χ2v) is 9.29. The fourth-order valence-corrected chi connectivity index (χ4v) is 4.66. The monoisotopic (exact) mass is 435 g/mol. The third-order valence-electron chi connectivity index (χ3n) is 5.40. The van der Waals surface area contributed by atoms with Gasteiger partial charge in [0, 0.05) is 43.1 Å². The number of rotatable bonds is 5. The number of anilines is 2. The minimum Gasteiger partial charge on any atom is -0.368 e. The topological polar surface area (TPSA) is 69.7 Å². The molecule has 0 aromatic heterocycles. The number of aryl methyl sites for hydroxylation is 1. The molecule has 3 aromatic carbocycles. The van der Waals surface area contributed by atoms with Crippen molar-refractivity contribution in [2.45, 2.75) is 11.8 Å². The van der Waals surface area contributed by atoms with Gasteiger partial charge in [0.25, 0.3) is 15.9 Å². The van der Waals surface area contributed by atoms with Gasteiger partial charge in [-0.3, -0.25) is 9.52 Å². The van der Waals surface area contributed by atoms with Gasteiger partial charge < -0.3 is 9.80 Å². The number of carbonyl (C=O) groups excluding carboxylic acids is 1. The van der Waals surface area contributed by atoms with Gasteiger partial charge >= 0.3 is 0 Å². The lowest BCUT2D eigenvalue weighted by molar-refractivity contribution is 0.0747. The van der Waals surface area contributed by atoms with Gasteiger partial charge in [0.2, 0.25) is 0 Å². The molecule has 1 saturated heterocycles. The number of carbonyl (C=O) groups is 1. The summed E-state index contributed by atoms with van der Waals surface area (Å²) in [6.07, 6.45) is 0. The zero-order valence-electron chi connectivity index (χ0n) is 17.4. The Morgan fingerprint density at radius 2 is 1.42 bits per heavy atom. The summed E-state index contributed by atoms with van der Waals surface area (Å²) >= 11 is 0. The molecule has 0 radical (unpaired) electrons. The smallest absolute Gasteiger partial charge is 0.261 e. The summed E-state index contributed by atoms with van der Waals surface area (Å²) in [6, 6.07) is 23.4. The summed E-state index contributed by atoms with van der Waals surface area (Å²) in [7, 11) is -3.62. The quantitative estimate of drug-likeness (QED) is 0.663. The van der Waals surface area contributed by atoms with Gasteiger partial charge in [-0.05, 0) is 55.5 Å². The van der Waals surface area contributed by atoms with Gasteiger partial charge in [0.1, 0.15) is 0 Å². The van der Waals surface area contributed by atoms with Crippen LogP contribution in [-0.4, -0.2) is 45.4 Å². The first-order chi connectivity index (χ1) is 14.9. The van der Waals surface area contributed by atoms with Crippen molar-refractivity contribution < 1.29 is 13.2 Å². The molecule has 4 rings (SSSR count). The molecule has 1 heterocycles. The zero-order valence-corrected chi connectivity index (χ0v) is 18.2. The molecule has 0 spiro atoms. The maximum atomic E-state index is 12.6. The number of hydrogen-bond acceptors (Lipinski definition) is 4. The van der Waals surface area contributed by atoms with Crippen molar-refractivity contribution in [2.24, 2.45) is 0 Å². The minimum absolute atomic E-state index is 0.0566. The lowest BCUT2D eigenvalue weighted by Crippen LogP contribution is -2.48. The maximum absolute atomic E-state index is 12.6. The largest absolute Gasteiger partial charge is 0.368 e. The molecule has 1 fully saturated rings. The predicted octanol–water partition coefficient (Wildman–Crippen LogP) is 3.76. The molecule has 1 aliphatic rings. The number of amides is 1. The van der Waals surface area contributed by atoms with Gasteiger partial charge in [-0.25, -0.2) is 8.42 Å². The van der Waals surface area contributed by atoms with E-state index < -0.39 is 10.0 Å². The number of nitrogens with zero attached hydrogens (tertiary/aromatic N) is 2. The van der Waals surface area contributed by atoms with Crippen LogP contribution >= 0.6 is 0 Å². The van der Waals surface area contributed by atoms with E-state index in [-0.39, 0.29) is 10.8 Å². The Morgan fingerprint density at radius 3 is 2.03 bits per heavy atom. The highest BCUT2D eigenvalue weighted by Gasteiger charge is 2.22. The van der Waals surface area contributed by atoms with E-state index in [1.165, 1.54) is 0 Å². The second kappa shape index (κ2) is 8.81. The Kier molecular flexibility index (Phi) is 5.95. The highest BCUT2D eigenvalue weighted by Crippen LogP contribution is 2.22. The number of piperazine rings is 1. The molecule has 1 aliphatic heterocycles. The van der Waals surface area contributed by atoms with Crippen molar-refractivity contribution in [3.63, 3.8) is 0 Å². The van der Waals surface area contributed by atoms with Crippen LogP contribution in [0.15, 0.2) is 83.8 Å². The molecule has 160 valence electrons. The van der Waals surface area contributed by atoms with Gasteiger partial charge in [0.05, 0.1) is 4.90 Å². The van der Waals surface area contributed by atoms with E-state index in [0.29, 0.717) is 24.3 Å². The van der Waals surface area contributed by atoms with Crippen molar-refractivity contribution in [3.8, 4) is 0 Å². The van der Waals surface area contributed by atoms with Crippen molar-refractivity contribution in [1.29, 1.82) is 0 Å². The summed E-state index contributed by atoms with van der Waals surface area (Å²) in [5, 5.41) is 0. The van der Waals surface area contributed by atoms with Gasteiger partial charge in [-0.1, -0.05) is 35.9 Å². The van der Waals surface area contributed by atoms with E-state index in [9.17, 15) is 13.2 Å². The Labute approximate surface area is 183 Å². The van der Waals surface area contributed by atoms with Crippen LogP contribution in [0, 0.1) is 6.92 Å². The van der Waals surface area contributed by atoms with Crippen molar-refractivity contribution in [3.05, 3.63) is 90.0 Å². The summed E-state index contributed by atoms with van der Waals surface area (Å²) in [4.78, 5) is 16.9. The summed E-state index contributed by atoms with van der Waals surface area (Å²) in [5.41, 5.74) is 3.24. The molecule has 7 heteroatoms. The SMILES string of the molecule is Cc1ccc(S(=O)(=O)Nc2ccc(N3CCN(C(=O)c4ccccc4)CC3)cc2)cc1. The molecule has 0 atom stereocenters.